The van der Waals surface area contributed by atoms with Crippen LogP contribution < -0.4 is 10.6 Å². The SMILES string of the molecule is CNc1ccc(C(=O)N[C@H](CC(=O)OC)c2ccc(C)cc2)cc1[N+](=O)[O-]. The number of ether oxygens (including phenoxy) is 1. The molecule has 0 saturated carbocycles. The van der Waals surface area contributed by atoms with Gasteiger partial charge in [0.15, 0.2) is 0 Å². The molecule has 0 aliphatic rings. The fraction of sp³-hybridized carbons (Fsp3) is 0.263. The summed E-state index contributed by atoms with van der Waals surface area (Å²) in [7, 11) is 2.84. The number of anilines is 1. The molecule has 2 aromatic carbocycles. The molecule has 27 heavy (non-hydrogen) atoms. The molecule has 0 aliphatic carbocycles. The van der Waals surface area contributed by atoms with Gasteiger partial charge in [0.25, 0.3) is 11.6 Å². The number of amides is 1. The Hall–Kier alpha value is -3.42. The number of nitro benzene ring substituents is 1. The van der Waals surface area contributed by atoms with E-state index in [0.717, 1.165) is 11.1 Å². The highest BCUT2D eigenvalue weighted by Gasteiger charge is 2.22. The molecular formula is C19H21N3O5. The number of carbonyl (C=O) groups excluding carboxylic acids is 2. The summed E-state index contributed by atoms with van der Waals surface area (Å²) < 4.78 is 4.71. The smallest absolute Gasteiger partial charge is 0.307 e. The van der Waals surface area contributed by atoms with E-state index in [4.69, 9.17) is 4.74 Å². The summed E-state index contributed by atoms with van der Waals surface area (Å²) >= 11 is 0. The summed E-state index contributed by atoms with van der Waals surface area (Å²) in [6.45, 7) is 1.93. The van der Waals surface area contributed by atoms with Gasteiger partial charge in [0.1, 0.15) is 5.69 Å². The zero-order valence-corrected chi connectivity index (χ0v) is 15.3. The lowest BCUT2D eigenvalue weighted by molar-refractivity contribution is -0.384. The number of rotatable bonds is 7. The molecule has 0 aliphatic heterocycles. The molecule has 8 nitrogen and oxygen atoms in total. The van der Waals surface area contributed by atoms with Crippen LogP contribution in [0.4, 0.5) is 11.4 Å². The highest BCUT2D eigenvalue weighted by molar-refractivity contribution is 5.96. The second-order valence-electron chi connectivity index (χ2n) is 5.96. The number of methoxy groups -OCH3 is 1. The Kier molecular flexibility index (Phi) is 6.48. The van der Waals surface area contributed by atoms with Crippen LogP contribution in [0.1, 0.15) is 33.9 Å². The van der Waals surface area contributed by atoms with Crippen LogP contribution in [0.2, 0.25) is 0 Å². The third-order valence-corrected chi connectivity index (χ3v) is 4.11. The molecule has 0 unspecified atom stereocenters. The number of nitro groups is 1. The summed E-state index contributed by atoms with van der Waals surface area (Å²) in [5.74, 6) is -0.993. The monoisotopic (exact) mass is 371 g/mol. The Bertz CT molecular complexity index is 849. The van der Waals surface area contributed by atoms with Gasteiger partial charge in [-0.3, -0.25) is 19.7 Å². The van der Waals surface area contributed by atoms with E-state index in [1.54, 1.807) is 7.05 Å². The summed E-state index contributed by atoms with van der Waals surface area (Å²) in [4.78, 5) is 35.0. The van der Waals surface area contributed by atoms with Gasteiger partial charge in [0.05, 0.1) is 24.5 Å². The molecule has 2 rings (SSSR count). The van der Waals surface area contributed by atoms with Crippen molar-refractivity contribution in [3.8, 4) is 0 Å². The van der Waals surface area contributed by atoms with Crippen molar-refractivity contribution < 1.29 is 19.2 Å². The van der Waals surface area contributed by atoms with Gasteiger partial charge < -0.3 is 15.4 Å². The second-order valence-corrected chi connectivity index (χ2v) is 5.96. The third kappa shape index (κ3) is 5.04. The summed E-state index contributed by atoms with van der Waals surface area (Å²) in [6.07, 6.45) is -0.0536. The highest BCUT2D eigenvalue weighted by atomic mass is 16.6. The van der Waals surface area contributed by atoms with E-state index in [1.807, 2.05) is 31.2 Å². The van der Waals surface area contributed by atoms with Gasteiger partial charge >= 0.3 is 5.97 Å². The normalized spacial score (nSPS) is 11.4. The first kappa shape index (κ1) is 19.9. The second kappa shape index (κ2) is 8.79. The van der Waals surface area contributed by atoms with Crippen molar-refractivity contribution in [1.82, 2.24) is 5.32 Å². The molecule has 0 heterocycles. The predicted octanol–water partition coefficient (Wildman–Crippen LogP) is 2.98. The maximum absolute atomic E-state index is 12.6. The van der Waals surface area contributed by atoms with E-state index < -0.39 is 22.8 Å². The van der Waals surface area contributed by atoms with Crippen LogP contribution in [-0.4, -0.2) is 31.0 Å². The molecule has 0 fully saturated rings. The molecule has 142 valence electrons. The molecule has 1 atom stereocenters. The molecule has 0 bridgehead atoms. The van der Waals surface area contributed by atoms with Crippen molar-refractivity contribution in [3.05, 3.63) is 69.3 Å². The molecule has 8 heteroatoms. The number of nitrogens with one attached hydrogen (secondary N) is 2. The van der Waals surface area contributed by atoms with Gasteiger partial charge in [-0.05, 0) is 24.6 Å². The van der Waals surface area contributed by atoms with Crippen LogP contribution in [-0.2, 0) is 9.53 Å². The predicted molar refractivity (Wildman–Crippen MR) is 101 cm³/mol. The number of benzene rings is 2. The molecule has 2 N–H and O–H groups in total. The molecule has 0 radical (unpaired) electrons. The lowest BCUT2D eigenvalue weighted by Crippen LogP contribution is -2.30. The fourth-order valence-electron chi connectivity index (χ4n) is 2.58. The van der Waals surface area contributed by atoms with Crippen molar-refractivity contribution in [2.45, 2.75) is 19.4 Å². The minimum Gasteiger partial charge on any atom is -0.469 e. The van der Waals surface area contributed by atoms with Crippen LogP contribution in [0.25, 0.3) is 0 Å². The third-order valence-electron chi connectivity index (χ3n) is 4.11. The standard InChI is InChI=1S/C19H21N3O5/c1-12-4-6-13(7-5-12)16(11-18(23)27-3)21-19(24)14-8-9-15(20-2)17(10-14)22(25)26/h4-10,16,20H,11H2,1-3H3,(H,21,24)/t16-/m1/s1. The van der Waals surface area contributed by atoms with Gasteiger partial charge in [0, 0.05) is 18.7 Å². The number of esters is 1. The fourth-order valence-corrected chi connectivity index (χ4v) is 2.58. The number of aryl methyl sites for hydroxylation is 1. The molecule has 0 saturated heterocycles. The van der Waals surface area contributed by atoms with Gasteiger partial charge in [-0.2, -0.15) is 0 Å². The Balaban J connectivity index is 2.29. The van der Waals surface area contributed by atoms with Gasteiger partial charge in [-0.15, -0.1) is 0 Å². The van der Waals surface area contributed by atoms with Crippen LogP contribution in [0.3, 0.4) is 0 Å². The topological polar surface area (TPSA) is 111 Å². The lowest BCUT2D eigenvalue weighted by Gasteiger charge is -2.18. The summed E-state index contributed by atoms with van der Waals surface area (Å²) in [5.41, 5.74) is 2.01. The van der Waals surface area contributed by atoms with Crippen LogP contribution in [0.5, 0.6) is 0 Å². The first-order valence-electron chi connectivity index (χ1n) is 8.26. The molecule has 2 aromatic rings. The zero-order valence-electron chi connectivity index (χ0n) is 15.3. The highest BCUT2D eigenvalue weighted by Crippen LogP contribution is 2.26. The molecule has 0 aromatic heterocycles. The number of carbonyl (C=O) groups is 2. The minimum atomic E-state index is -0.617. The zero-order chi connectivity index (χ0) is 20.0. The Labute approximate surface area is 156 Å². The van der Waals surface area contributed by atoms with Crippen LogP contribution in [0, 0.1) is 17.0 Å². The quantitative estimate of drug-likeness (QED) is 0.440. The number of hydrogen-bond donors (Lipinski definition) is 2. The molecular weight excluding hydrogens is 350 g/mol. The van der Waals surface area contributed by atoms with E-state index >= 15 is 0 Å². The van der Waals surface area contributed by atoms with Crippen molar-refractivity contribution in [2.75, 3.05) is 19.5 Å². The van der Waals surface area contributed by atoms with Crippen molar-refractivity contribution >= 4 is 23.3 Å². The van der Waals surface area contributed by atoms with Gasteiger partial charge in [-0.25, -0.2) is 0 Å². The van der Waals surface area contributed by atoms with E-state index in [1.165, 1.54) is 25.3 Å². The largest absolute Gasteiger partial charge is 0.469 e. The van der Waals surface area contributed by atoms with Crippen molar-refractivity contribution in [2.24, 2.45) is 0 Å². The molecule has 0 spiro atoms. The average molecular weight is 371 g/mol. The number of hydrogen-bond acceptors (Lipinski definition) is 6. The lowest BCUT2D eigenvalue weighted by atomic mass is 10.0. The summed E-state index contributed by atoms with van der Waals surface area (Å²) in [5, 5.41) is 16.7. The molecule has 1 amide bonds. The van der Waals surface area contributed by atoms with Crippen LogP contribution in [0.15, 0.2) is 42.5 Å². The summed E-state index contributed by atoms with van der Waals surface area (Å²) in [6, 6.07) is 10.9. The number of nitrogens with zero attached hydrogens (tertiary/aromatic N) is 1. The van der Waals surface area contributed by atoms with E-state index in [2.05, 4.69) is 10.6 Å². The van der Waals surface area contributed by atoms with Crippen molar-refractivity contribution in [1.29, 1.82) is 0 Å². The Morgan fingerprint density at radius 3 is 2.41 bits per heavy atom. The van der Waals surface area contributed by atoms with E-state index in [9.17, 15) is 19.7 Å². The van der Waals surface area contributed by atoms with E-state index in [-0.39, 0.29) is 17.7 Å². The first-order chi connectivity index (χ1) is 12.8. The van der Waals surface area contributed by atoms with E-state index in [0.29, 0.717) is 5.69 Å². The maximum Gasteiger partial charge on any atom is 0.307 e. The minimum absolute atomic E-state index is 0.0536. The van der Waals surface area contributed by atoms with Gasteiger partial charge in [0.2, 0.25) is 0 Å². The van der Waals surface area contributed by atoms with Crippen molar-refractivity contribution in [3.63, 3.8) is 0 Å². The van der Waals surface area contributed by atoms with Gasteiger partial charge in [-0.1, -0.05) is 29.8 Å². The Morgan fingerprint density at radius 2 is 1.85 bits per heavy atom. The first-order valence-corrected chi connectivity index (χ1v) is 8.26. The Morgan fingerprint density at radius 1 is 1.19 bits per heavy atom. The van der Waals surface area contributed by atoms with Crippen LogP contribution >= 0.6 is 0 Å². The average Bonchev–Trinajstić information content (AvgIpc) is 2.67. The maximum atomic E-state index is 12.6.